The van der Waals surface area contributed by atoms with Gasteiger partial charge in [-0.25, -0.2) is 22.0 Å². The SMILES string of the molecule is O=C(O)C(F)(F)F.O=C(O)C(F)(F)F.O=S(=O)(c1cccnc1)n1ccc2c(CN3CCCC3)cccc21. The number of rotatable bonds is 4. The number of hydrogen-bond donors (Lipinski definition) is 2. The number of carboxylic acid groups (broad SMARTS) is 2. The molecule has 1 aliphatic rings. The fourth-order valence-electron chi connectivity index (χ4n) is 3.35. The first kappa shape index (κ1) is 30.6. The van der Waals surface area contributed by atoms with Gasteiger partial charge in [0.05, 0.1) is 5.52 Å². The van der Waals surface area contributed by atoms with Gasteiger partial charge in [0.1, 0.15) is 4.90 Å². The third-order valence-corrected chi connectivity index (χ3v) is 6.73. The van der Waals surface area contributed by atoms with Crippen LogP contribution < -0.4 is 0 Å². The van der Waals surface area contributed by atoms with Gasteiger partial charge in [0.2, 0.25) is 0 Å². The third-order valence-electron chi connectivity index (χ3n) is 5.06. The fraction of sp³-hybridized carbons (Fsp3) is 0.318. The van der Waals surface area contributed by atoms with E-state index in [1.807, 2.05) is 18.2 Å². The van der Waals surface area contributed by atoms with Crippen molar-refractivity contribution in [3.63, 3.8) is 0 Å². The second-order valence-corrected chi connectivity index (χ2v) is 9.56. The first-order chi connectivity index (χ1) is 17.5. The lowest BCUT2D eigenvalue weighted by molar-refractivity contribution is -0.193. The van der Waals surface area contributed by atoms with E-state index >= 15 is 0 Å². The van der Waals surface area contributed by atoms with Crippen LogP contribution in [0, 0.1) is 0 Å². The molecule has 2 aromatic heterocycles. The highest BCUT2D eigenvalue weighted by Gasteiger charge is 2.38. The molecule has 3 heterocycles. The Balaban J connectivity index is 0.000000301. The van der Waals surface area contributed by atoms with Crippen molar-refractivity contribution in [3.05, 3.63) is 60.6 Å². The number of likely N-dealkylation sites (tertiary alicyclic amines) is 1. The van der Waals surface area contributed by atoms with Crippen LogP contribution in [-0.4, -0.2) is 69.9 Å². The molecule has 38 heavy (non-hydrogen) atoms. The number of alkyl halides is 6. The molecular weight excluding hydrogens is 548 g/mol. The minimum absolute atomic E-state index is 0.201. The van der Waals surface area contributed by atoms with Crippen LogP contribution in [0.3, 0.4) is 0 Å². The summed E-state index contributed by atoms with van der Waals surface area (Å²) >= 11 is 0. The Morgan fingerprint density at radius 1 is 0.895 bits per heavy atom. The van der Waals surface area contributed by atoms with E-state index in [4.69, 9.17) is 19.8 Å². The van der Waals surface area contributed by atoms with E-state index in [1.165, 1.54) is 28.6 Å². The summed E-state index contributed by atoms with van der Waals surface area (Å²) in [5.74, 6) is -5.51. The molecule has 208 valence electrons. The standard InChI is InChI=1S/C18H19N3O2S.2C2HF3O2/c22-24(23,16-6-4-9-19-13-16)21-12-8-17-15(5-3-7-18(17)21)14-20-10-1-2-11-20;2*3-2(4,5)1(6)7/h3-9,12-13H,1-2,10-11,14H2;2*(H,6,7). The van der Waals surface area contributed by atoms with E-state index in [2.05, 4.69) is 16.0 Å². The van der Waals surface area contributed by atoms with Crippen LogP contribution in [0.4, 0.5) is 26.3 Å². The average Bonchev–Trinajstić information content (AvgIpc) is 3.50. The van der Waals surface area contributed by atoms with E-state index < -0.39 is 34.3 Å². The molecular formula is C22H21F6N3O6S. The summed E-state index contributed by atoms with van der Waals surface area (Å²) in [7, 11) is -3.63. The Kier molecular flexibility index (Phi) is 9.86. The molecule has 0 saturated carbocycles. The third kappa shape index (κ3) is 8.17. The highest BCUT2D eigenvalue weighted by Crippen LogP contribution is 2.26. The average molecular weight is 569 g/mol. The number of nitrogens with zero attached hydrogens (tertiary/aromatic N) is 3. The van der Waals surface area contributed by atoms with E-state index in [-0.39, 0.29) is 4.90 Å². The molecule has 0 radical (unpaired) electrons. The van der Waals surface area contributed by atoms with Crippen molar-refractivity contribution in [2.75, 3.05) is 13.1 Å². The maximum absolute atomic E-state index is 12.9. The summed E-state index contributed by atoms with van der Waals surface area (Å²) in [5.41, 5.74) is 1.89. The van der Waals surface area contributed by atoms with Crippen molar-refractivity contribution in [2.45, 2.75) is 36.6 Å². The minimum atomic E-state index is -5.08. The second-order valence-electron chi connectivity index (χ2n) is 7.74. The van der Waals surface area contributed by atoms with E-state index in [0.29, 0.717) is 0 Å². The van der Waals surface area contributed by atoms with Gasteiger partial charge in [-0.05, 0) is 55.8 Å². The summed E-state index contributed by atoms with van der Waals surface area (Å²) in [6.45, 7) is 3.10. The van der Waals surface area contributed by atoms with Crippen molar-refractivity contribution in [1.82, 2.24) is 13.9 Å². The molecule has 0 bridgehead atoms. The highest BCUT2D eigenvalue weighted by molar-refractivity contribution is 7.90. The topological polar surface area (TPSA) is 130 Å². The van der Waals surface area contributed by atoms with Crippen LogP contribution in [0.25, 0.3) is 10.9 Å². The molecule has 1 aliphatic heterocycles. The molecule has 9 nitrogen and oxygen atoms in total. The van der Waals surface area contributed by atoms with Crippen LogP contribution in [0.2, 0.25) is 0 Å². The Morgan fingerprint density at radius 3 is 1.92 bits per heavy atom. The van der Waals surface area contributed by atoms with Gasteiger partial charge in [-0.15, -0.1) is 0 Å². The number of fused-ring (bicyclic) bond motifs is 1. The molecule has 0 unspecified atom stereocenters. The lowest BCUT2D eigenvalue weighted by Gasteiger charge is -2.15. The molecule has 3 aromatic rings. The number of pyridine rings is 1. The number of halogens is 6. The maximum Gasteiger partial charge on any atom is 0.490 e. The van der Waals surface area contributed by atoms with Gasteiger partial charge in [-0.1, -0.05) is 12.1 Å². The number of aromatic nitrogens is 2. The van der Waals surface area contributed by atoms with Crippen molar-refractivity contribution in [3.8, 4) is 0 Å². The Hall–Kier alpha value is -3.66. The van der Waals surface area contributed by atoms with Gasteiger partial charge >= 0.3 is 24.3 Å². The number of hydrogen-bond acceptors (Lipinski definition) is 6. The number of aliphatic carboxylic acids is 2. The largest absolute Gasteiger partial charge is 0.490 e. The molecule has 16 heteroatoms. The molecule has 0 aliphatic carbocycles. The van der Waals surface area contributed by atoms with E-state index in [0.717, 1.165) is 30.5 Å². The zero-order valence-corrected chi connectivity index (χ0v) is 20.1. The molecule has 0 atom stereocenters. The lowest BCUT2D eigenvalue weighted by atomic mass is 10.1. The molecule has 2 N–H and O–H groups in total. The molecule has 4 rings (SSSR count). The predicted octanol–water partition coefficient (Wildman–Crippen LogP) is 4.14. The quantitative estimate of drug-likeness (QED) is 0.449. The maximum atomic E-state index is 12.9. The van der Waals surface area contributed by atoms with E-state index in [1.54, 1.807) is 24.5 Å². The monoisotopic (exact) mass is 569 g/mol. The number of carboxylic acids is 2. The Morgan fingerprint density at radius 2 is 1.45 bits per heavy atom. The predicted molar refractivity (Wildman–Crippen MR) is 121 cm³/mol. The summed E-state index contributed by atoms with van der Waals surface area (Å²) in [6, 6.07) is 11.0. The van der Waals surface area contributed by atoms with Crippen LogP contribution in [0.5, 0.6) is 0 Å². The molecule has 1 fully saturated rings. The summed E-state index contributed by atoms with van der Waals surface area (Å²) in [6.07, 6.45) is -3.09. The summed E-state index contributed by atoms with van der Waals surface area (Å²) in [4.78, 5) is 24.3. The van der Waals surface area contributed by atoms with Gasteiger partial charge in [0.15, 0.2) is 0 Å². The number of carbonyl (C=O) groups is 2. The second kappa shape index (κ2) is 12.3. The van der Waals surface area contributed by atoms with Crippen LogP contribution in [-0.2, 0) is 26.2 Å². The summed E-state index contributed by atoms with van der Waals surface area (Å²) in [5, 5.41) is 15.2. The van der Waals surface area contributed by atoms with Gasteiger partial charge in [0.25, 0.3) is 10.0 Å². The van der Waals surface area contributed by atoms with Gasteiger partial charge < -0.3 is 10.2 Å². The first-order valence-electron chi connectivity index (χ1n) is 10.6. The van der Waals surface area contributed by atoms with Crippen LogP contribution in [0.1, 0.15) is 18.4 Å². The van der Waals surface area contributed by atoms with E-state index in [9.17, 15) is 34.8 Å². The van der Waals surface area contributed by atoms with Crippen LogP contribution >= 0.6 is 0 Å². The molecule has 0 amide bonds. The van der Waals surface area contributed by atoms with Crippen molar-refractivity contribution in [1.29, 1.82) is 0 Å². The Labute approximate surface area is 212 Å². The van der Waals surface area contributed by atoms with Gasteiger partial charge in [-0.3, -0.25) is 9.88 Å². The normalized spacial score (nSPS) is 14.3. The smallest absolute Gasteiger partial charge is 0.475 e. The Bertz CT molecular complexity index is 1330. The number of benzene rings is 1. The van der Waals surface area contributed by atoms with Gasteiger partial charge in [0, 0.05) is 30.5 Å². The molecule has 1 saturated heterocycles. The minimum Gasteiger partial charge on any atom is -0.475 e. The fourth-order valence-corrected chi connectivity index (χ4v) is 4.66. The van der Waals surface area contributed by atoms with Crippen molar-refractivity contribution >= 4 is 32.9 Å². The van der Waals surface area contributed by atoms with Crippen LogP contribution in [0.15, 0.2) is 59.9 Å². The highest BCUT2D eigenvalue weighted by atomic mass is 32.2. The zero-order valence-electron chi connectivity index (χ0n) is 19.3. The van der Waals surface area contributed by atoms with Crippen molar-refractivity contribution in [2.24, 2.45) is 0 Å². The summed E-state index contributed by atoms with van der Waals surface area (Å²) < 4.78 is 90.6. The molecule has 1 aromatic carbocycles. The first-order valence-corrected chi connectivity index (χ1v) is 12.1. The van der Waals surface area contributed by atoms with Gasteiger partial charge in [-0.2, -0.15) is 26.3 Å². The lowest BCUT2D eigenvalue weighted by Crippen LogP contribution is -2.21. The van der Waals surface area contributed by atoms with Crippen molar-refractivity contribution < 1.29 is 54.6 Å². The molecule has 0 spiro atoms. The zero-order chi connectivity index (χ0) is 28.7.